The first-order chi connectivity index (χ1) is 24.0. The molecule has 0 saturated carbocycles. The molecular formula is C45H58IrNO3S2-. The fourth-order valence-electron chi connectivity index (χ4n) is 6.40. The van der Waals surface area contributed by atoms with Crippen LogP contribution in [0.4, 0.5) is 0 Å². The third-order valence-electron chi connectivity index (χ3n) is 10.9. The normalized spacial score (nSPS) is 12.7. The Kier molecular flexibility index (Phi) is 14.8. The smallest absolute Gasteiger partial charge is 0.164 e. The van der Waals surface area contributed by atoms with Gasteiger partial charge in [0.2, 0.25) is 0 Å². The molecule has 1 radical (unpaired) electrons. The molecule has 52 heavy (non-hydrogen) atoms. The SMILES string of the molecule is C=CSc1c[c-]c(-c2nccc3sc4c(ccc5oc(CC(C)C)c(C)c54)c23)cc1C(C)(C)C.CCC(C)(CC)C(=O)/C=C(\O)C(C)(CC)CC.[Ir]. The number of aliphatic hydroxyl groups excluding tert-OH is 1. The van der Waals surface area contributed by atoms with Gasteiger partial charge in [-0.2, -0.15) is 11.8 Å². The monoisotopic (exact) mass is 917 g/mol. The van der Waals surface area contributed by atoms with E-state index in [-0.39, 0.29) is 47.9 Å². The van der Waals surface area contributed by atoms with Crippen molar-refractivity contribution in [3.8, 4) is 11.3 Å². The minimum atomic E-state index is -0.337. The van der Waals surface area contributed by atoms with Gasteiger partial charge in [0.25, 0.3) is 0 Å². The molecule has 2 aromatic carbocycles. The quantitative estimate of drug-likeness (QED) is 0.0585. The standard InChI is InChI=1S/C30H30NOS2.C15H28O2.Ir/c1-8-33-24-12-9-19(16-21(24)30(5,6)7)28-27-20-10-11-22-26(18(4)23(32-22)15-17(2)3)29(20)34-25(27)13-14-31-28;1-7-14(5,8-2)12(16)11-13(17)15(6,9-3)10-4;/h8,10-14,16-17H,1,15H2,2-7H3;11,16H,7-10H2,1-6H3;/q-1;;/b;12-11-;. The second kappa shape index (κ2) is 17.6. The van der Waals surface area contributed by atoms with Crippen LogP contribution in [0, 0.1) is 29.7 Å². The van der Waals surface area contributed by atoms with Crippen LogP contribution in [0.15, 0.2) is 69.7 Å². The van der Waals surface area contributed by atoms with Crippen molar-refractivity contribution in [3.63, 3.8) is 0 Å². The van der Waals surface area contributed by atoms with Gasteiger partial charge in [0.05, 0.1) is 0 Å². The number of pyridine rings is 1. The van der Waals surface area contributed by atoms with Gasteiger partial charge in [0.1, 0.15) is 17.1 Å². The molecule has 3 aromatic heterocycles. The average Bonchev–Trinajstić information content (AvgIpc) is 3.63. The molecule has 0 unspecified atom stereocenters. The number of fused-ring (bicyclic) bond motifs is 5. The van der Waals surface area contributed by atoms with E-state index in [2.05, 4.69) is 84.5 Å². The molecule has 3 heterocycles. The second-order valence-electron chi connectivity index (χ2n) is 15.8. The minimum absolute atomic E-state index is 0. The predicted octanol–water partition coefficient (Wildman–Crippen LogP) is 14.4. The number of nitrogens with zero attached hydrogens (tertiary/aromatic N) is 1. The van der Waals surface area contributed by atoms with Gasteiger partial charge in [-0.25, -0.2) is 0 Å². The van der Waals surface area contributed by atoms with Crippen molar-refractivity contribution in [2.45, 2.75) is 125 Å². The summed E-state index contributed by atoms with van der Waals surface area (Å²) >= 11 is 3.49. The number of thiophene rings is 1. The van der Waals surface area contributed by atoms with Gasteiger partial charge in [0, 0.05) is 64.4 Å². The molecular weight excluding hydrogens is 859 g/mol. The molecule has 283 valence electrons. The van der Waals surface area contributed by atoms with E-state index in [1.165, 1.54) is 47.7 Å². The maximum absolute atomic E-state index is 12.2. The van der Waals surface area contributed by atoms with Crippen molar-refractivity contribution >= 4 is 60.0 Å². The number of hydrogen-bond donors (Lipinski definition) is 1. The zero-order chi connectivity index (χ0) is 37.9. The molecule has 0 atom stereocenters. The number of carbonyl (C=O) groups is 1. The number of carbonyl (C=O) groups excluding carboxylic acids is 1. The Morgan fingerprint density at radius 3 is 2.21 bits per heavy atom. The van der Waals surface area contributed by atoms with Crippen LogP contribution >= 0.6 is 23.1 Å². The van der Waals surface area contributed by atoms with Crippen LogP contribution in [-0.4, -0.2) is 15.9 Å². The number of hydrogen-bond acceptors (Lipinski definition) is 6. The van der Waals surface area contributed by atoms with Crippen LogP contribution in [-0.2, 0) is 36.7 Å². The number of ketones is 1. The molecule has 0 aliphatic carbocycles. The van der Waals surface area contributed by atoms with Crippen molar-refractivity contribution in [2.75, 3.05) is 0 Å². The molecule has 0 amide bonds. The van der Waals surface area contributed by atoms with Crippen LogP contribution in [0.25, 0.3) is 42.4 Å². The van der Waals surface area contributed by atoms with E-state index in [1.807, 2.05) is 64.5 Å². The van der Waals surface area contributed by atoms with Gasteiger partial charge >= 0.3 is 0 Å². The van der Waals surface area contributed by atoms with Crippen LogP contribution < -0.4 is 0 Å². The summed E-state index contributed by atoms with van der Waals surface area (Å²) in [5.41, 5.74) is 4.97. The van der Waals surface area contributed by atoms with Gasteiger partial charge in [0.15, 0.2) is 5.78 Å². The zero-order valence-corrected chi connectivity index (χ0v) is 37.3. The first kappa shape index (κ1) is 43.7. The topological polar surface area (TPSA) is 63.3 Å². The molecule has 0 spiro atoms. The summed E-state index contributed by atoms with van der Waals surface area (Å²) in [7, 11) is 0. The number of aliphatic hydroxyl groups is 1. The maximum Gasteiger partial charge on any atom is 0.164 e. The molecule has 0 fully saturated rings. The fourth-order valence-corrected chi connectivity index (χ4v) is 8.49. The van der Waals surface area contributed by atoms with E-state index in [9.17, 15) is 9.90 Å². The van der Waals surface area contributed by atoms with Crippen LogP contribution in [0.3, 0.4) is 0 Å². The number of aryl methyl sites for hydroxylation is 1. The number of aromatic nitrogens is 1. The van der Waals surface area contributed by atoms with Crippen molar-refractivity contribution in [3.05, 3.63) is 83.3 Å². The Balaban J connectivity index is 0.000000347. The van der Waals surface area contributed by atoms with Gasteiger partial charge in [-0.15, -0.1) is 40.7 Å². The van der Waals surface area contributed by atoms with Gasteiger partial charge < -0.3 is 14.5 Å². The third-order valence-corrected chi connectivity index (χ3v) is 12.9. The molecule has 0 saturated heterocycles. The summed E-state index contributed by atoms with van der Waals surface area (Å²) in [5, 5.41) is 15.7. The molecule has 0 bridgehead atoms. The number of benzene rings is 2. The van der Waals surface area contributed by atoms with E-state index in [0.717, 1.165) is 54.7 Å². The molecule has 5 rings (SSSR count). The molecule has 1 N–H and O–H groups in total. The van der Waals surface area contributed by atoms with Gasteiger partial charge in [-0.3, -0.25) is 4.79 Å². The Labute approximate surface area is 334 Å². The summed E-state index contributed by atoms with van der Waals surface area (Å²) in [4.78, 5) is 18.2. The first-order valence-corrected chi connectivity index (χ1v) is 20.2. The fraction of sp³-hybridized carbons (Fsp3) is 0.467. The summed E-state index contributed by atoms with van der Waals surface area (Å²) in [6.07, 6.45) is 7.64. The first-order valence-electron chi connectivity index (χ1n) is 18.5. The van der Waals surface area contributed by atoms with E-state index in [0.29, 0.717) is 5.92 Å². The minimum Gasteiger partial charge on any atom is -0.512 e. The van der Waals surface area contributed by atoms with Crippen molar-refractivity contribution in [2.24, 2.45) is 16.7 Å². The number of thioether (sulfide) groups is 1. The summed E-state index contributed by atoms with van der Waals surface area (Å²) < 4.78 is 8.82. The zero-order valence-electron chi connectivity index (χ0n) is 33.3. The Morgan fingerprint density at radius 2 is 1.65 bits per heavy atom. The third kappa shape index (κ3) is 8.97. The summed E-state index contributed by atoms with van der Waals surface area (Å²) in [6, 6.07) is 14.3. The van der Waals surface area contributed by atoms with E-state index in [4.69, 9.17) is 9.40 Å². The molecule has 5 aromatic rings. The molecule has 7 heteroatoms. The molecule has 0 aliphatic heterocycles. The number of rotatable bonds is 12. The van der Waals surface area contributed by atoms with Crippen molar-refractivity contribution in [1.29, 1.82) is 0 Å². The van der Waals surface area contributed by atoms with E-state index >= 15 is 0 Å². The number of allylic oxidation sites excluding steroid dienone is 2. The number of furan rings is 1. The van der Waals surface area contributed by atoms with Crippen LogP contribution in [0.5, 0.6) is 0 Å². The summed E-state index contributed by atoms with van der Waals surface area (Å²) in [5.74, 6) is 1.95. The molecule has 0 aliphatic rings. The Bertz CT molecular complexity index is 2050. The van der Waals surface area contributed by atoms with Crippen molar-refractivity contribution < 1.29 is 34.4 Å². The van der Waals surface area contributed by atoms with E-state index in [1.54, 1.807) is 11.8 Å². The van der Waals surface area contributed by atoms with Gasteiger partial charge in [-0.1, -0.05) is 87.6 Å². The average molecular weight is 917 g/mol. The Morgan fingerprint density at radius 1 is 1.02 bits per heavy atom. The second-order valence-corrected chi connectivity index (χ2v) is 17.8. The molecule has 4 nitrogen and oxygen atoms in total. The van der Waals surface area contributed by atoms with Gasteiger partial charge in [-0.05, 0) is 89.6 Å². The Hall–Kier alpha value is -2.70. The largest absolute Gasteiger partial charge is 0.512 e. The van der Waals surface area contributed by atoms with Crippen LogP contribution in [0.1, 0.15) is 119 Å². The maximum atomic E-state index is 12.2. The summed E-state index contributed by atoms with van der Waals surface area (Å²) in [6.45, 7) is 29.4. The van der Waals surface area contributed by atoms with Crippen LogP contribution in [0.2, 0.25) is 0 Å². The van der Waals surface area contributed by atoms with Crippen molar-refractivity contribution in [1.82, 2.24) is 4.98 Å². The van der Waals surface area contributed by atoms with E-state index < -0.39 is 0 Å². The predicted molar refractivity (Wildman–Crippen MR) is 222 cm³/mol.